The summed E-state index contributed by atoms with van der Waals surface area (Å²) in [6.45, 7) is 9.47. The highest BCUT2D eigenvalue weighted by Crippen LogP contribution is 2.28. The number of hydrogen-bond acceptors (Lipinski definition) is 7. The van der Waals surface area contributed by atoms with Gasteiger partial charge in [-0.3, -0.25) is 14.4 Å². The summed E-state index contributed by atoms with van der Waals surface area (Å²) >= 11 is 0. The first-order valence-corrected chi connectivity index (χ1v) is 24.0. The van der Waals surface area contributed by atoms with Crippen molar-refractivity contribution in [3.63, 3.8) is 0 Å². The van der Waals surface area contributed by atoms with Crippen LogP contribution >= 0.6 is 0 Å². The Hall–Kier alpha value is -2.15. The fraction of sp³-hybridized carbons (Fsp3) is 0.860. The van der Waals surface area contributed by atoms with Gasteiger partial charge in [0, 0.05) is 32.7 Å². The normalized spacial score (nSPS) is 24.3. The molecule has 0 spiro atoms. The Balaban J connectivity index is 2.51. The molecule has 0 fully saturated rings. The molecule has 0 amide bonds. The number of ether oxygens (including phenoxy) is 3. The van der Waals surface area contributed by atoms with E-state index in [1.165, 1.54) is 89.9 Å². The third kappa shape index (κ3) is 35.5. The van der Waals surface area contributed by atoms with Crippen LogP contribution in [-0.4, -0.2) is 55.8 Å². The molecule has 7 nitrogen and oxygen atoms in total. The zero-order valence-corrected chi connectivity index (χ0v) is 38.3. The van der Waals surface area contributed by atoms with E-state index in [0.29, 0.717) is 25.2 Å². The number of carbonyl (C=O) groups excluding carboxylic acids is 3. The molecule has 0 N–H and O–H groups in total. The summed E-state index contributed by atoms with van der Waals surface area (Å²) < 4.78 is 16.8. The quantitative estimate of drug-likeness (QED) is 0.187. The summed E-state index contributed by atoms with van der Waals surface area (Å²) in [5.74, 6) is -0.239. The highest BCUT2D eigenvalue weighted by atomic mass is 16.7. The van der Waals surface area contributed by atoms with E-state index in [1.807, 2.05) is 0 Å². The molecule has 1 unspecified atom stereocenters. The number of cyclic esters (lactones) is 2. The molecule has 7 heteroatoms. The second kappa shape index (κ2) is 35.8. The molecule has 0 saturated heterocycles. The molecule has 57 heavy (non-hydrogen) atoms. The molecule has 0 saturated carbocycles. The fourth-order valence-corrected chi connectivity index (χ4v) is 8.51. The minimum Gasteiger partial charge on any atom is -0.462 e. The van der Waals surface area contributed by atoms with Gasteiger partial charge in [-0.15, -0.1) is 0 Å². The van der Waals surface area contributed by atoms with Crippen molar-refractivity contribution in [2.45, 2.75) is 246 Å². The van der Waals surface area contributed by atoms with Gasteiger partial charge in [-0.25, -0.2) is 0 Å². The van der Waals surface area contributed by atoms with E-state index in [-0.39, 0.29) is 29.4 Å². The van der Waals surface area contributed by atoms with Gasteiger partial charge >= 0.3 is 17.9 Å². The molecule has 332 valence electrons. The lowest BCUT2D eigenvalue weighted by atomic mass is 9.82. The topological polar surface area (TPSA) is 82.1 Å². The smallest absolute Gasteiger partial charge is 0.308 e. The first kappa shape index (κ1) is 52.9. The average molecular weight is 802 g/mol. The molecule has 0 aromatic rings. The van der Waals surface area contributed by atoms with E-state index in [1.54, 1.807) is 6.92 Å². The Bertz CT molecular complexity index is 993. The predicted molar refractivity (Wildman–Crippen MR) is 239 cm³/mol. The maximum Gasteiger partial charge on any atom is 0.308 e. The largest absolute Gasteiger partial charge is 0.462 e. The van der Waals surface area contributed by atoms with Gasteiger partial charge in [-0.05, 0) is 122 Å². The Kier molecular flexibility index (Phi) is 33.2. The first-order valence-electron chi connectivity index (χ1n) is 24.0. The van der Waals surface area contributed by atoms with E-state index in [2.05, 4.69) is 64.1 Å². The SMILES string of the molecule is CC(CC(=O)OC1CCCCCCCC/C=C\CCCCCCCC(=O)OC(C)OC(=O)CCCCCCC/C=C\CCCCCCCC1)CC(C)(C)CN(C)C. The molecule has 1 aliphatic heterocycles. The van der Waals surface area contributed by atoms with Crippen molar-refractivity contribution in [1.82, 2.24) is 4.90 Å². The number of carbonyl (C=O) groups is 3. The van der Waals surface area contributed by atoms with Crippen LogP contribution in [0.5, 0.6) is 0 Å². The molecule has 1 rings (SSSR count). The number of hydrogen-bond donors (Lipinski definition) is 0. The molecular formula is C50H91NO6. The van der Waals surface area contributed by atoms with Gasteiger partial charge in [0.1, 0.15) is 6.10 Å². The highest BCUT2D eigenvalue weighted by molar-refractivity contribution is 5.71. The van der Waals surface area contributed by atoms with E-state index in [4.69, 9.17) is 14.2 Å². The summed E-state index contributed by atoms with van der Waals surface area (Å²) in [6.07, 6.45) is 43.1. The lowest BCUT2D eigenvalue weighted by molar-refractivity contribution is -0.184. The lowest BCUT2D eigenvalue weighted by Gasteiger charge is -2.31. The van der Waals surface area contributed by atoms with Crippen LogP contribution in [0.2, 0.25) is 0 Å². The third-order valence-electron chi connectivity index (χ3n) is 11.2. The van der Waals surface area contributed by atoms with Crippen LogP contribution in [0.1, 0.15) is 233 Å². The summed E-state index contributed by atoms with van der Waals surface area (Å²) in [4.78, 5) is 39.7. The summed E-state index contributed by atoms with van der Waals surface area (Å²) in [6, 6.07) is 0. The minimum atomic E-state index is -0.813. The van der Waals surface area contributed by atoms with Gasteiger partial charge < -0.3 is 19.1 Å². The number of allylic oxidation sites excluding steroid dienone is 4. The summed E-state index contributed by atoms with van der Waals surface area (Å²) in [5, 5.41) is 0. The van der Waals surface area contributed by atoms with Crippen molar-refractivity contribution >= 4 is 17.9 Å². The monoisotopic (exact) mass is 802 g/mol. The van der Waals surface area contributed by atoms with Crippen molar-refractivity contribution in [1.29, 1.82) is 0 Å². The van der Waals surface area contributed by atoms with Crippen LogP contribution in [0.3, 0.4) is 0 Å². The van der Waals surface area contributed by atoms with Crippen LogP contribution in [0.4, 0.5) is 0 Å². The predicted octanol–water partition coefficient (Wildman–Crippen LogP) is 14.2. The van der Waals surface area contributed by atoms with Crippen molar-refractivity contribution in [3.05, 3.63) is 24.3 Å². The molecule has 0 aliphatic carbocycles. The zero-order valence-electron chi connectivity index (χ0n) is 38.3. The van der Waals surface area contributed by atoms with Gasteiger partial charge in [-0.1, -0.05) is 135 Å². The fourth-order valence-electron chi connectivity index (χ4n) is 8.51. The van der Waals surface area contributed by atoms with Crippen LogP contribution in [-0.2, 0) is 28.6 Å². The van der Waals surface area contributed by atoms with Gasteiger partial charge in [0.15, 0.2) is 0 Å². The Morgan fingerprint density at radius 2 is 0.982 bits per heavy atom. The van der Waals surface area contributed by atoms with Gasteiger partial charge in [0.2, 0.25) is 6.29 Å². The van der Waals surface area contributed by atoms with Crippen LogP contribution in [0.15, 0.2) is 24.3 Å². The Morgan fingerprint density at radius 1 is 0.632 bits per heavy atom. The minimum absolute atomic E-state index is 0.00181. The standard InChI is InChI=1S/C50H91NO6/c1-44(42-50(3,4)43-51(5)6)41-49(54)57-46-37-33-29-25-21-17-13-9-7-11-15-19-23-27-31-35-39-47(52)55-45(2)56-48(53)40-36-32-28-24-20-16-12-8-10-14-18-22-26-30-34-38-46/h7-8,11-12,44-46H,9-10,13-43H2,1-6H3/b11-7-,12-8-. The van der Waals surface area contributed by atoms with Crippen molar-refractivity contribution in [2.24, 2.45) is 11.3 Å². The number of rotatable bonds is 7. The van der Waals surface area contributed by atoms with Crippen molar-refractivity contribution in [3.8, 4) is 0 Å². The van der Waals surface area contributed by atoms with Crippen molar-refractivity contribution < 1.29 is 28.6 Å². The maximum absolute atomic E-state index is 13.1. The van der Waals surface area contributed by atoms with E-state index < -0.39 is 6.29 Å². The zero-order chi connectivity index (χ0) is 41.8. The molecule has 0 radical (unpaired) electrons. The van der Waals surface area contributed by atoms with Crippen LogP contribution < -0.4 is 0 Å². The van der Waals surface area contributed by atoms with Gasteiger partial charge in [-0.2, -0.15) is 0 Å². The Labute approximate surface area is 352 Å². The lowest BCUT2D eigenvalue weighted by Crippen LogP contribution is -2.31. The summed E-state index contributed by atoms with van der Waals surface area (Å²) in [5.41, 5.74) is 0.181. The summed E-state index contributed by atoms with van der Waals surface area (Å²) in [7, 11) is 4.24. The molecule has 0 aromatic heterocycles. The molecular weight excluding hydrogens is 711 g/mol. The van der Waals surface area contributed by atoms with E-state index in [9.17, 15) is 14.4 Å². The number of esters is 3. The van der Waals surface area contributed by atoms with Crippen LogP contribution in [0.25, 0.3) is 0 Å². The second-order valence-electron chi connectivity index (χ2n) is 18.5. The third-order valence-corrected chi connectivity index (χ3v) is 11.2. The van der Waals surface area contributed by atoms with Gasteiger partial charge in [0.25, 0.3) is 0 Å². The number of nitrogens with zero attached hydrogens (tertiary/aromatic N) is 1. The first-order chi connectivity index (χ1) is 27.5. The average Bonchev–Trinajstić information content (AvgIpc) is 3.12. The molecule has 1 aliphatic rings. The molecule has 0 bridgehead atoms. The van der Waals surface area contributed by atoms with E-state index in [0.717, 1.165) is 103 Å². The Morgan fingerprint density at radius 3 is 1.37 bits per heavy atom. The highest BCUT2D eigenvalue weighted by Gasteiger charge is 2.25. The van der Waals surface area contributed by atoms with Gasteiger partial charge in [0.05, 0.1) is 0 Å². The second-order valence-corrected chi connectivity index (χ2v) is 18.5. The maximum atomic E-state index is 13.1. The van der Waals surface area contributed by atoms with E-state index >= 15 is 0 Å². The molecule has 1 atom stereocenters. The molecule has 1 heterocycles. The van der Waals surface area contributed by atoms with Crippen molar-refractivity contribution in [2.75, 3.05) is 20.6 Å². The molecule has 0 aromatic carbocycles. The van der Waals surface area contributed by atoms with Crippen LogP contribution in [0, 0.1) is 11.3 Å².